The third-order valence-electron chi connectivity index (χ3n) is 2.20. The van der Waals surface area contributed by atoms with Crippen molar-refractivity contribution >= 4 is 5.91 Å². The Balaban J connectivity index is 2.96. The van der Waals surface area contributed by atoms with Gasteiger partial charge >= 0.3 is 0 Å². The molecule has 18 heavy (non-hydrogen) atoms. The van der Waals surface area contributed by atoms with Gasteiger partial charge in [0, 0.05) is 12.1 Å². The van der Waals surface area contributed by atoms with E-state index in [0.29, 0.717) is 18.0 Å². The van der Waals surface area contributed by atoms with Gasteiger partial charge in [0.05, 0.1) is 5.56 Å². The van der Waals surface area contributed by atoms with Crippen molar-refractivity contribution in [1.29, 1.82) is 0 Å². The fourth-order valence-corrected chi connectivity index (χ4v) is 1.34. The van der Waals surface area contributed by atoms with Crippen LogP contribution in [0.2, 0.25) is 0 Å². The molecule has 0 saturated heterocycles. The molecule has 0 radical (unpaired) electrons. The third-order valence-corrected chi connectivity index (χ3v) is 2.20. The molecule has 0 unspecified atom stereocenters. The summed E-state index contributed by atoms with van der Waals surface area (Å²) in [6, 6.07) is 3.80. The van der Waals surface area contributed by atoms with Crippen LogP contribution in [0.15, 0.2) is 18.2 Å². The number of carbonyl (C=O) groups excluding carboxylic acids is 1. The molecule has 0 aromatic heterocycles. The molecule has 0 aliphatic rings. The van der Waals surface area contributed by atoms with Gasteiger partial charge in [-0.2, -0.15) is 0 Å². The number of amides is 1. The third kappa shape index (κ3) is 4.19. The minimum absolute atomic E-state index is 0.283. The van der Waals surface area contributed by atoms with E-state index >= 15 is 0 Å². The van der Waals surface area contributed by atoms with Crippen molar-refractivity contribution in [3.63, 3.8) is 0 Å². The highest BCUT2D eigenvalue weighted by Crippen LogP contribution is 2.10. The second kappa shape index (κ2) is 6.77. The molecule has 0 spiro atoms. The Kier molecular flexibility index (Phi) is 5.34. The second-order valence-electron chi connectivity index (χ2n) is 4.25. The first-order valence-corrected chi connectivity index (χ1v) is 5.72. The minimum Gasteiger partial charge on any atom is -0.384 e. The van der Waals surface area contributed by atoms with Crippen LogP contribution in [-0.4, -0.2) is 24.2 Å². The number of halogens is 1. The molecule has 3 nitrogen and oxygen atoms in total. The summed E-state index contributed by atoms with van der Waals surface area (Å²) in [5.74, 6) is 4.57. The maximum absolute atomic E-state index is 13.1. The highest BCUT2D eigenvalue weighted by molar-refractivity contribution is 5.96. The summed E-state index contributed by atoms with van der Waals surface area (Å²) in [6.45, 7) is 4.18. The Morgan fingerprint density at radius 2 is 2.22 bits per heavy atom. The topological polar surface area (TPSA) is 49.3 Å². The van der Waals surface area contributed by atoms with E-state index in [9.17, 15) is 9.18 Å². The molecule has 2 N–H and O–H groups in total. The number of carbonyl (C=O) groups is 1. The second-order valence-corrected chi connectivity index (χ2v) is 4.25. The summed E-state index contributed by atoms with van der Waals surface area (Å²) < 4.78 is 13.1. The van der Waals surface area contributed by atoms with Crippen LogP contribution in [0.1, 0.15) is 29.8 Å². The molecule has 1 aromatic carbocycles. The lowest BCUT2D eigenvalue weighted by Crippen LogP contribution is -2.28. The van der Waals surface area contributed by atoms with E-state index in [0.717, 1.165) is 0 Å². The minimum atomic E-state index is -0.461. The lowest BCUT2D eigenvalue weighted by Gasteiger charge is -2.09. The lowest BCUT2D eigenvalue weighted by molar-refractivity contribution is 0.0948. The Labute approximate surface area is 106 Å². The summed E-state index contributed by atoms with van der Waals surface area (Å²) >= 11 is 0. The Bertz CT molecular complexity index is 486. The van der Waals surface area contributed by atoms with E-state index in [1.54, 1.807) is 0 Å². The lowest BCUT2D eigenvalue weighted by atomic mass is 10.1. The van der Waals surface area contributed by atoms with Gasteiger partial charge in [-0.3, -0.25) is 4.79 Å². The van der Waals surface area contributed by atoms with Gasteiger partial charge in [0.1, 0.15) is 12.4 Å². The Morgan fingerprint density at radius 3 is 2.83 bits per heavy atom. The zero-order chi connectivity index (χ0) is 13.5. The smallest absolute Gasteiger partial charge is 0.252 e. The van der Waals surface area contributed by atoms with Crippen LogP contribution in [0.25, 0.3) is 0 Å². The highest BCUT2D eigenvalue weighted by atomic mass is 19.1. The van der Waals surface area contributed by atoms with Crippen LogP contribution in [0.4, 0.5) is 4.39 Å². The maximum atomic E-state index is 13.1. The van der Waals surface area contributed by atoms with Gasteiger partial charge in [-0.25, -0.2) is 4.39 Å². The van der Waals surface area contributed by atoms with Crippen molar-refractivity contribution in [2.24, 2.45) is 5.92 Å². The van der Waals surface area contributed by atoms with Gasteiger partial charge in [0.25, 0.3) is 5.91 Å². The Morgan fingerprint density at radius 1 is 1.50 bits per heavy atom. The fraction of sp³-hybridized carbons (Fsp3) is 0.357. The SMILES string of the molecule is CC(C)CNC(=O)c1ccc(F)cc1C#CCO. The van der Waals surface area contributed by atoms with E-state index in [2.05, 4.69) is 17.2 Å². The molecular formula is C14H16FNO2. The van der Waals surface area contributed by atoms with Crippen molar-refractivity contribution in [2.75, 3.05) is 13.2 Å². The maximum Gasteiger partial charge on any atom is 0.252 e. The number of hydrogen-bond donors (Lipinski definition) is 2. The van der Waals surface area contributed by atoms with E-state index < -0.39 is 5.82 Å². The molecule has 1 amide bonds. The number of benzene rings is 1. The number of rotatable bonds is 3. The van der Waals surface area contributed by atoms with Crippen molar-refractivity contribution in [2.45, 2.75) is 13.8 Å². The van der Waals surface area contributed by atoms with E-state index in [-0.39, 0.29) is 18.1 Å². The summed E-state index contributed by atoms with van der Waals surface area (Å²) in [4.78, 5) is 11.9. The standard InChI is InChI=1S/C14H16FNO2/c1-10(2)9-16-14(18)13-6-5-12(15)8-11(13)4-3-7-17/h5-6,8,10,17H,7,9H2,1-2H3,(H,16,18). The first kappa shape index (κ1) is 14.2. The molecule has 4 heteroatoms. The van der Waals surface area contributed by atoms with Gasteiger partial charge in [0.2, 0.25) is 0 Å². The molecule has 1 aromatic rings. The van der Waals surface area contributed by atoms with Crippen molar-refractivity contribution in [3.8, 4) is 11.8 Å². The summed E-state index contributed by atoms with van der Waals surface area (Å²) in [5, 5.41) is 11.4. The number of aliphatic hydroxyl groups is 1. The highest BCUT2D eigenvalue weighted by Gasteiger charge is 2.11. The van der Waals surface area contributed by atoms with Gasteiger partial charge in [0.15, 0.2) is 0 Å². The molecule has 0 heterocycles. The molecule has 0 aliphatic carbocycles. The van der Waals surface area contributed by atoms with E-state index in [1.807, 2.05) is 13.8 Å². The van der Waals surface area contributed by atoms with E-state index in [1.165, 1.54) is 18.2 Å². The fourth-order valence-electron chi connectivity index (χ4n) is 1.34. The van der Waals surface area contributed by atoms with Crippen LogP contribution in [0.5, 0.6) is 0 Å². The molecule has 0 fully saturated rings. The molecule has 0 aliphatic heterocycles. The largest absolute Gasteiger partial charge is 0.384 e. The molecule has 0 saturated carbocycles. The molecule has 0 bridgehead atoms. The van der Waals surface area contributed by atoms with Crippen LogP contribution in [-0.2, 0) is 0 Å². The van der Waals surface area contributed by atoms with Gasteiger partial charge < -0.3 is 10.4 Å². The normalized spacial score (nSPS) is 9.83. The van der Waals surface area contributed by atoms with Crippen LogP contribution in [0.3, 0.4) is 0 Å². The van der Waals surface area contributed by atoms with Gasteiger partial charge in [-0.05, 0) is 24.1 Å². The van der Waals surface area contributed by atoms with Crippen LogP contribution in [0, 0.1) is 23.6 Å². The molecule has 0 atom stereocenters. The summed E-state index contributed by atoms with van der Waals surface area (Å²) in [7, 11) is 0. The quantitative estimate of drug-likeness (QED) is 0.799. The van der Waals surface area contributed by atoms with E-state index in [4.69, 9.17) is 5.11 Å². The number of nitrogens with one attached hydrogen (secondary N) is 1. The van der Waals surface area contributed by atoms with Crippen molar-refractivity contribution < 1.29 is 14.3 Å². The molecule has 96 valence electrons. The van der Waals surface area contributed by atoms with Gasteiger partial charge in [-0.15, -0.1) is 0 Å². The summed E-state index contributed by atoms with van der Waals surface area (Å²) in [5.41, 5.74) is 0.600. The number of aliphatic hydroxyl groups excluding tert-OH is 1. The average molecular weight is 249 g/mol. The first-order chi connectivity index (χ1) is 8.54. The average Bonchev–Trinajstić information content (AvgIpc) is 2.33. The van der Waals surface area contributed by atoms with Crippen molar-refractivity contribution in [3.05, 3.63) is 35.1 Å². The zero-order valence-electron chi connectivity index (χ0n) is 10.5. The number of hydrogen-bond acceptors (Lipinski definition) is 2. The molecular weight excluding hydrogens is 233 g/mol. The van der Waals surface area contributed by atoms with Gasteiger partial charge in [-0.1, -0.05) is 25.7 Å². The zero-order valence-corrected chi connectivity index (χ0v) is 10.5. The predicted molar refractivity (Wildman–Crippen MR) is 67.5 cm³/mol. The van der Waals surface area contributed by atoms with Crippen LogP contribution < -0.4 is 5.32 Å². The predicted octanol–water partition coefficient (Wildman–Crippen LogP) is 1.56. The first-order valence-electron chi connectivity index (χ1n) is 5.72. The Hall–Kier alpha value is -1.86. The molecule has 1 rings (SSSR count). The van der Waals surface area contributed by atoms with Crippen molar-refractivity contribution in [1.82, 2.24) is 5.32 Å². The van der Waals surface area contributed by atoms with Crippen LogP contribution >= 0.6 is 0 Å². The summed E-state index contributed by atoms with van der Waals surface area (Å²) in [6.07, 6.45) is 0. The monoisotopic (exact) mass is 249 g/mol.